The average Bonchev–Trinajstić information content (AvgIpc) is 2.91. The first-order valence-corrected chi connectivity index (χ1v) is 15.1. The standard InChI is InChI=1S/C31H54N6O8/c1-12-21(13-2)24(26(40)35-20(3)25(39)32-10)37(11)27(41)22(16-14-15-18-33-28(42)44-30(4,5)6)36-23(38)17-19-34-29(43)45-31(7,8)9/h12-13,20,22,24H,1,14-19H2,2-11H3,(H,32,39)(H,33,42)(H,34,43)(H,35,40)(H,36,38)/b21-13+/t20-,22-,24-/m0/s1. The molecule has 14 nitrogen and oxygen atoms in total. The van der Waals surface area contributed by atoms with Crippen molar-refractivity contribution < 1.29 is 38.2 Å². The summed E-state index contributed by atoms with van der Waals surface area (Å²) in [5.41, 5.74) is -0.932. The number of hydrogen-bond donors (Lipinski definition) is 5. The number of allylic oxidation sites excluding steroid dienone is 1. The molecule has 0 spiro atoms. The summed E-state index contributed by atoms with van der Waals surface area (Å²) >= 11 is 0. The monoisotopic (exact) mass is 638 g/mol. The van der Waals surface area contributed by atoms with Gasteiger partial charge in [-0.3, -0.25) is 19.2 Å². The SMILES string of the molecule is C=C/C(=C\C)[C@@H](C(=O)N[C@@H](C)C(=O)NC)N(C)C(=O)[C@H](CCCCNC(=O)OC(C)(C)C)NC(=O)CCNC(=O)OC(C)(C)C. The van der Waals surface area contributed by atoms with Crippen molar-refractivity contribution in [2.45, 2.75) is 110 Å². The number of nitrogens with zero attached hydrogens (tertiary/aromatic N) is 1. The molecule has 0 aromatic heterocycles. The molecule has 0 rings (SSSR count). The molecule has 0 aromatic rings. The summed E-state index contributed by atoms with van der Waals surface area (Å²) in [5.74, 6) is -2.09. The van der Waals surface area contributed by atoms with Crippen molar-refractivity contribution in [2.24, 2.45) is 0 Å². The highest BCUT2D eigenvalue weighted by atomic mass is 16.6. The second kappa shape index (κ2) is 19.3. The third-order valence-corrected chi connectivity index (χ3v) is 6.11. The second-order valence-corrected chi connectivity index (χ2v) is 12.4. The van der Waals surface area contributed by atoms with E-state index in [1.807, 2.05) is 0 Å². The van der Waals surface area contributed by atoms with Crippen LogP contribution in [0.4, 0.5) is 9.59 Å². The molecular weight excluding hydrogens is 584 g/mol. The van der Waals surface area contributed by atoms with Gasteiger partial charge in [0.2, 0.25) is 23.6 Å². The number of amides is 6. The van der Waals surface area contributed by atoms with Gasteiger partial charge < -0.3 is 41.0 Å². The van der Waals surface area contributed by atoms with E-state index in [1.54, 1.807) is 54.5 Å². The Labute approximate surface area is 267 Å². The van der Waals surface area contributed by atoms with Crippen LogP contribution < -0.4 is 26.6 Å². The van der Waals surface area contributed by atoms with Crippen LogP contribution in [-0.2, 0) is 28.7 Å². The molecule has 0 saturated heterocycles. The van der Waals surface area contributed by atoms with Gasteiger partial charge in [0.1, 0.15) is 29.3 Å². The highest BCUT2D eigenvalue weighted by Gasteiger charge is 2.34. The summed E-state index contributed by atoms with van der Waals surface area (Å²) in [6.45, 7) is 17.6. The average molecular weight is 639 g/mol. The van der Waals surface area contributed by atoms with Crippen LogP contribution in [-0.4, -0.2) is 97.2 Å². The number of likely N-dealkylation sites (N-methyl/N-ethyl adjacent to an activating group) is 2. The van der Waals surface area contributed by atoms with Gasteiger partial charge >= 0.3 is 12.2 Å². The summed E-state index contributed by atoms with van der Waals surface area (Å²) in [7, 11) is 2.87. The fraction of sp³-hybridized carbons (Fsp3) is 0.677. The van der Waals surface area contributed by atoms with Gasteiger partial charge in [0.05, 0.1) is 0 Å². The van der Waals surface area contributed by atoms with Crippen molar-refractivity contribution in [1.29, 1.82) is 0 Å². The third kappa shape index (κ3) is 17.1. The van der Waals surface area contributed by atoms with E-state index >= 15 is 0 Å². The molecule has 6 amide bonds. The highest BCUT2D eigenvalue weighted by Crippen LogP contribution is 2.15. The molecule has 0 heterocycles. The highest BCUT2D eigenvalue weighted by molar-refractivity contribution is 5.96. The van der Waals surface area contributed by atoms with Crippen molar-refractivity contribution in [3.05, 3.63) is 24.3 Å². The number of alkyl carbamates (subject to hydrolysis) is 2. The Balaban J connectivity index is 5.78. The molecule has 14 heteroatoms. The van der Waals surface area contributed by atoms with Crippen LogP contribution in [0, 0.1) is 0 Å². The zero-order valence-corrected chi connectivity index (χ0v) is 28.5. The summed E-state index contributed by atoms with van der Waals surface area (Å²) in [5, 5.41) is 12.9. The van der Waals surface area contributed by atoms with E-state index in [1.165, 1.54) is 32.0 Å². The van der Waals surface area contributed by atoms with Crippen LogP contribution in [0.2, 0.25) is 0 Å². The Bertz CT molecular complexity index is 1080. The van der Waals surface area contributed by atoms with Crippen LogP contribution in [0.15, 0.2) is 24.3 Å². The van der Waals surface area contributed by atoms with E-state index in [0.717, 1.165) is 0 Å². The minimum Gasteiger partial charge on any atom is -0.444 e. The van der Waals surface area contributed by atoms with Crippen LogP contribution >= 0.6 is 0 Å². The topological polar surface area (TPSA) is 184 Å². The quantitative estimate of drug-likeness (QED) is 0.126. The Morgan fingerprint density at radius 3 is 1.84 bits per heavy atom. The van der Waals surface area contributed by atoms with Crippen molar-refractivity contribution in [3.63, 3.8) is 0 Å². The molecule has 45 heavy (non-hydrogen) atoms. The molecule has 0 aliphatic heterocycles. The number of ether oxygens (including phenoxy) is 2. The summed E-state index contributed by atoms with van der Waals surface area (Å²) in [6, 6.07) is -3.06. The fourth-order valence-corrected chi connectivity index (χ4v) is 3.98. The van der Waals surface area contributed by atoms with E-state index in [0.29, 0.717) is 18.4 Å². The molecule has 0 aliphatic rings. The lowest BCUT2D eigenvalue weighted by Crippen LogP contribution is -2.57. The molecule has 3 atom stereocenters. The summed E-state index contributed by atoms with van der Waals surface area (Å²) in [6.07, 6.45) is 2.79. The summed E-state index contributed by atoms with van der Waals surface area (Å²) in [4.78, 5) is 77.1. The number of unbranched alkanes of at least 4 members (excludes halogenated alkanes) is 1. The van der Waals surface area contributed by atoms with E-state index in [9.17, 15) is 28.8 Å². The predicted molar refractivity (Wildman–Crippen MR) is 171 cm³/mol. The minimum absolute atomic E-state index is 0.0289. The van der Waals surface area contributed by atoms with Crippen LogP contribution in [0.3, 0.4) is 0 Å². The molecule has 0 bridgehead atoms. The Hall–Kier alpha value is -4.10. The predicted octanol–water partition coefficient (Wildman–Crippen LogP) is 2.29. The molecule has 0 saturated carbocycles. The van der Waals surface area contributed by atoms with Gasteiger partial charge in [-0.05, 0) is 80.2 Å². The van der Waals surface area contributed by atoms with Gasteiger partial charge in [-0.2, -0.15) is 0 Å². The van der Waals surface area contributed by atoms with Crippen LogP contribution in [0.25, 0.3) is 0 Å². The first kappa shape index (κ1) is 40.9. The largest absolute Gasteiger partial charge is 0.444 e. The molecule has 5 N–H and O–H groups in total. The van der Waals surface area contributed by atoms with Gasteiger partial charge in [-0.25, -0.2) is 9.59 Å². The molecule has 0 radical (unpaired) electrons. The van der Waals surface area contributed by atoms with Crippen molar-refractivity contribution in [3.8, 4) is 0 Å². The van der Waals surface area contributed by atoms with Crippen molar-refractivity contribution >= 4 is 35.8 Å². The van der Waals surface area contributed by atoms with Crippen molar-refractivity contribution in [2.75, 3.05) is 27.2 Å². The van der Waals surface area contributed by atoms with Gasteiger partial charge in [0, 0.05) is 33.6 Å². The van der Waals surface area contributed by atoms with E-state index in [2.05, 4.69) is 33.2 Å². The van der Waals surface area contributed by atoms with Crippen molar-refractivity contribution in [1.82, 2.24) is 31.5 Å². The summed E-state index contributed by atoms with van der Waals surface area (Å²) < 4.78 is 10.4. The van der Waals surface area contributed by atoms with E-state index < -0.39 is 65.1 Å². The first-order valence-electron chi connectivity index (χ1n) is 15.1. The zero-order valence-electron chi connectivity index (χ0n) is 28.5. The number of hydrogen-bond acceptors (Lipinski definition) is 8. The minimum atomic E-state index is -1.14. The molecular formula is C31H54N6O8. The Morgan fingerprint density at radius 2 is 1.38 bits per heavy atom. The normalized spacial score (nSPS) is 13.7. The zero-order chi connectivity index (χ0) is 35.0. The fourth-order valence-electron chi connectivity index (χ4n) is 3.98. The lowest BCUT2D eigenvalue weighted by Gasteiger charge is -2.32. The maximum Gasteiger partial charge on any atom is 0.407 e. The van der Waals surface area contributed by atoms with Crippen LogP contribution in [0.1, 0.15) is 81.1 Å². The van der Waals surface area contributed by atoms with Crippen LogP contribution in [0.5, 0.6) is 0 Å². The third-order valence-electron chi connectivity index (χ3n) is 6.11. The molecule has 0 unspecified atom stereocenters. The number of rotatable bonds is 16. The van der Waals surface area contributed by atoms with E-state index in [-0.39, 0.29) is 25.9 Å². The van der Waals surface area contributed by atoms with E-state index in [4.69, 9.17) is 9.47 Å². The van der Waals surface area contributed by atoms with Gasteiger partial charge in [-0.1, -0.05) is 18.7 Å². The second-order valence-electron chi connectivity index (χ2n) is 12.4. The Kier molecular flexibility index (Phi) is 17.6. The van der Waals surface area contributed by atoms with Gasteiger partial charge in [0.25, 0.3) is 0 Å². The molecule has 0 aromatic carbocycles. The number of carbonyl (C=O) groups excluding carboxylic acids is 6. The lowest BCUT2D eigenvalue weighted by atomic mass is 10.0. The number of nitrogens with one attached hydrogen (secondary N) is 5. The molecule has 0 aliphatic carbocycles. The lowest BCUT2D eigenvalue weighted by molar-refractivity contribution is -0.141. The maximum absolute atomic E-state index is 13.8. The molecule has 0 fully saturated rings. The Morgan fingerprint density at radius 1 is 0.844 bits per heavy atom. The smallest absolute Gasteiger partial charge is 0.407 e. The number of carbonyl (C=O) groups is 6. The maximum atomic E-state index is 13.8. The molecule has 256 valence electrons. The van der Waals surface area contributed by atoms with Gasteiger partial charge in [-0.15, -0.1) is 0 Å². The van der Waals surface area contributed by atoms with Gasteiger partial charge in [0.15, 0.2) is 0 Å². The first-order chi connectivity index (χ1) is 20.8.